The van der Waals surface area contributed by atoms with Crippen molar-refractivity contribution in [2.75, 3.05) is 0 Å². The Morgan fingerprint density at radius 2 is 2.08 bits per heavy atom. The van der Waals surface area contributed by atoms with E-state index in [1.807, 2.05) is 44.3 Å². The quantitative estimate of drug-likeness (QED) is 0.613. The van der Waals surface area contributed by atoms with Crippen molar-refractivity contribution >= 4 is 17.4 Å². The van der Waals surface area contributed by atoms with Gasteiger partial charge in [0.2, 0.25) is 5.78 Å². The summed E-state index contributed by atoms with van der Waals surface area (Å²) in [6, 6.07) is 7.41. The molecule has 1 N–H and O–H groups in total. The van der Waals surface area contributed by atoms with Crippen LogP contribution in [0.4, 0.5) is 0 Å². The first-order valence-corrected chi connectivity index (χ1v) is 8.19. The van der Waals surface area contributed by atoms with Gasteiger partial charge in [-0.25, -0.2) is 4.68 Å². The lowest BCUT2D eigenvalue weighted by molar-refractivity contribution is 0.797. The predicted octanol–water partition coefficient (Wildman–Crippen LogP) is 3.05. The third-order valence-corrected chi connectivity index (χ3v) is 4.23. The lowest BCUT2D eigenvalue weighted by Crippen LogP contribution is -2.22. The third-order valence-electron chi connectivity index (χ3n) is 4.00. The number of hydrogen-bond acceptors (Lipinski definition) is 4. The van der Waals surface area contributed by atoms with E-state index in [-0.39, 0.29) is 11.5 Å². The van der Waals surface area contributed by atoms with Gasteiger partial charge in [-0.3, -0.25) is 4.79 Å². The van der Waals surface area contributed by atoms with Gasteiger partial charge in [0.1, 0.15) is 6.33 Å². The number of hydrogen-bond donors (Lipinski definition) is 1. The van der Waals surface area contributed by atoms with Gasteiger partial charge in [0, 0.05) is 22.3 Å². The summed E-state index contributed by atoms with van der Waals surface area (Å²) < 4.78 is 3.00. The van der Waals surface area contributed by atoms with Crippen LogP contribution in [0.5, 0.6) is 0 Å². The number of fused-ring (bicyclic) bond motifs is 1. The van der Waals surface area contributed by atoms with Crippen molar-refractivity contribution in [1.29, 1.82) is 0 Å². The minimum absolute atomic E-state index is 0.0156. The van der Waals surface area contributed by atoms with Gasteiger partial charge in [0.15, 0.2) is 0 Å². The molecule has 0 saturated heterocycles. The minimum Gasteiger partial charge on any atom is -0.323 e. The Labute approximate surface area is 147 Å². The van der Waals surface area contributed by atoms with Gasteiger partial charge in [-0.15, -0.1) is 0 Å². The maximum atomic E-state index is 12.7. The molecular weight excluding hydrogens is 340 g/mol. The Kier molecular flexibility index (Phi) is 3.65. The second-order valence-electron chi connectivity index (χ2n) is 6.02. The summed E-state index contributed by atoms with van der Waals surface area (Å²) in [5, 5.41) is 9.01. The Hall–Kier alpha value is -2.93. The summed E-state index contributed by atoms with van der Waals surface area (Å²) in [4.78, 5) is 20.0. The van der Waals surface area contributed by atoms with E-state index in [2.05, 4.69) is 20.2 Å². The molecule has 0 saturated carbocycles. The number of halogens is 1. The molecule has 4 rings (SSSR count). The fraction of sp³-hybridized carbons (Fsp3) is 0.176. The molecule has 0 spiro atoms. The highest BCUT2D eigenvalue weighted by Crippen LogP contribution is 2.26. The Bertz CT molecular complexity index is 1120. The summed E-state index contributed by atoms with van der Waals surface area (Å²) in [7, 11) is 0. The maximum Gasteiger partial charge on any atom is 0.279 e. The van der Waals surface area contributed by atoms with Crippen LogP contribution < -0.4 is 5.56 Å². The highest BCUT2D eigenvalue weighted by molar-refractivity contribution is 6.30. The lowest BCUT2D eigenvalue weighted by Gasteiger charge is -2.10. The van der Waals surface area contributed by atoms with Crippen LogP contribution in [0.3, 0.4) is 0 Å². The molecular formula is C17H15ClN6O. The van der Waals surface area contributed by atoms with Crippen LogP contribution in [0.1, 0.15) is 25.3 Å². The molecule has 0 aliphatic heterocycles. The number of aromatic nitrogens is 6. The van der Waals surface area contributed by atoms with Crippen molar-refractivity contribution in [3.63, 3.8) is 0 Å². The molecule has 3 heterocycles. The van der Waals surface area contributed by atoms with Crippen molar-refractivity contribution in [1.82, 2.24) is 29.4 Å². The van der Waals surface area contributed by atoms with E-state index in [1.165, 1.54) is 10.8 Å². The van der Waals surface area contributed by atoms with Crippen LogP contribution in [0, 0.1) is 0 Å². The van der Waals surface area contributed by atoms with Crippen molar-refractivity contribution in [2.45, 2.75) is 19.8 Å². The fourth-order valence-electron chi connectivity index (χ4n) is 2.85. The SMILES string of the molecule is CC(C)c1c(-c2cnn(-c3cccc(Cl)c3)c2)[nH]c2ncnn2c1=O. The first-order chi connectivity index (χ1) is 12.0. The molecule has 0 fully saturated rings. The summed E-state index contributed by atoms with van der Waals surface area (Å²) in [5.74, 6) is 0.418. The van der Waals surface area contributed by atoms with E-state index in [0.29, 0.717) is 22.1 Å². The number of aromatic amines is 1. The van der Waals surface area contributed by atoms with E-state index in [1.54, 1.807) is 10.9 Å². The van der Waals surface area contributed by atoms with Crippen LogP contribution in [-0.2, 0) is 0 Å². The zero-order valence-electron chi connectivity index (χ0n) is 13.6. The molecule has 8 heteroatoms. The largest absolute Gasteiger partial charge is 0.323 e. The highest BCUT2D eigenvalue weighted by Gasteiger charge is 2.19. The van der Waals surface area contributed by atoms with Gasteiger partial charge in [-0.1, -0.05) is 31.5 Å². The van der Waals surface area contributed by atoms with E-state index in [0.717, 1.165) is 11.3 Å². The molecule has 0 aliphatic carbocycles. The molecule has 4 aromatic rings. The molecule has 7 nitrogen and oxygen atoms in total. The zero-order valence-corrected chi connectivity index (χ0v) is 14.4. The standard InChI is InChI=1S/C17H15ClN6O/c1-10(2)14-15(22-17-19-9-21-24(17)16(14)25)11-7-20-23(8-11)13-5-3-4-12(18)6-13/h3-10H,1-2H3,(H,19,21,22). The average Bonchev–Trinajstić information content (AvgIpc) is 3.23. The van der Waals surface area contributed by atoms with E-state index >= 15 is 0 Å². The predicted molar refractivity (Wildman–Crippen MR) is 95.3 cm³/mol. The monoisotopic (exact) mass is 354 g/mol. The summed E-state index contributed by atoms with van der Waals surface area (Å²) in [6.07, 6.45) is 4.93. The Morgan fingerprint density at radius 1 is 1.24 bits per heavy atom. The van der Waals surface area contributed by atoms with Crippen LogP contribution in [-0.4, -0.2) is 29.4 Å². The number of nitrogens with one attached hydrogen (secondary N) is 1. The molecule has 126 valence electrons. The lowest BCUT2D eigenvalue weighted by atomic mass is 10.00. The first-order valence-electron chi connectivity index (χ1n) is 7.81. The second kappa shape index (κ2) is 5.86. The molecule has 0 aliphatic rings. The number of rotatable bonds is 3. The third kappa shape index (κ3) is 2.62. The average molecular weight is 355 g/mol. The summed E-state index contributed by atoms with van der Waals surface area (Å²) in [5.41, 5.74) is 2.81. The van der Waals surface area contributed by atoms with Gasteiger partial charge >= 0.3 is 0 Å². The van der Waals surface area contributed by atoms with Crippen LogP contribution in [0.25, 0.3) is 22.7 Å². The van der Waals surface area contributed by atoms with Gasteiger partial charge in [0.05, 0.1) is 17.6 Å². The molecule has 0 atom stereocenters. The fourth-order valence-corrected chi connectivity index (χ4v) is 3.04. The van der Waals surface area contributed by atoms with Gasteiger partial charge < -0.3 is 4.98 Å². The summed E-state index contributed by atoms with van der Waals surface area (Å²) in [6.45, 7) is 3.94. The number of nitrogens with zero attached hydrogens (tertiary/aromatic N) is 5. The highest BCUT2D eigenvalue weighted by atomic mass is 35.5. The second-order valence-corrected chi connectivity index (χ2v) is 6.46. The normalized spacial score (nSPS) is 11.5. The van der Waals surface area contributed by atoms with Crippen molar-refractivity contribution < 1.29 is 0 Å². The number of H-pyrrole nitrogens is 1. The molecule has 25 heavy (non-hydrogen) atoms. The van der Waals surface area contributed by atoms with Gasteiger partial charge in [0.25, 0.3) is 5.56 Å². The molecule has 0 amide bonds. The van der Waals surface area contributed by atoms with Crippen molar-refractivity contribution in [2.24, 2.45) is 0 Å². The molecule has 0 bridgehead atoms. The van der Waals surface area contributed by atoms with Crippen LogP contribution >= 0.6 is 11.6 Å². The zero-order chi connectivity index (χ0) is 17.6. The smallest absolute Gasteiger partial charge is 0.279 e. The van der Waals surface area contributed by atoms with Crippen molar-refractivity contribution in [3.05, 3.63) is 63.9 Å². The molecule has 1 aromatic carbocycles. The Morgan fingerprint density at radius 3 is 2.84 bits per heavy atom. The molecule has 0 unspecified atom stereocenters. The van der Waals surface area contributed by atoms with Crippen LogP contribution in [0.2, 0.25) is 5.02 Å². The van der Waals surface area contributed by atoms with Gasteiger partial charge in [-0.2, -0.15) is 19.7 Å². The van der Waals surface area contributed by atoms with E-state index in [9.17, 15) is 4.79 Å². The Balaban J connectivity index is 1.90. The first kappa shape index (κ1) is 15.6. The molecule has 3 aromatic heterocycles. The number of benzene rings is 1. The summed E-state index contributed by atoms with van der Waals surface area (Å²) >= 11 is 6.05. The van der Waals surface area contributed by atoms with E-state index in [4.69, 9.17) is 11.6 Å². The topological polar surface area (TPSA) is 80.9 Å². The van der Waals surface area contributed by atoms with Gasteiger partial charge in [-0.05, 0) is 24.1 Å². The molecule has 0 radical (unpaired) electrons. The minimum atomic E-state index is -0.174. The van der Waals surface area contributed by atoms with Crippen molar-refractivity contribution in [3.8, 4) is 16.9 Å². The van der Waals surface area contributed by atoms with E-state index < -0.39 is 0 Å². The van der Waals surface area contributed by atoms with Crippen LogP contribution in [0.15, 0.2) is 47.8 Å². The maximum absolute atomic E-state index is 12.7.